The molecular weight excluding hydrogens is 340 g/mol. The van der Waals surface area contributed by atoms with Crippen molar-refractivity contribution in [1.82, 2.24) is 19.5 Å². The van der Waals surface area contributed by atoms with Crippen LogP contribution in [-0.2, 0) is 0 Å². The minimum Gasteiger partial charge on any atom is -0.493 e. The van der Waals surface area contributed by atoms with Crippen molar-refractivity contribution in [2.45, 2.75) is 19.9 Å². The number of nitrogens with zero attached hydrogens (tertiary/aromatic N) is 4. The maximum Gasteiger partial charge on any atom is 0.230 e. The number of thiazole rings is 1. The van der Waals surface area contributed by atoms with E-state index in [0.717, 1.165) is 23.5 Å². The number of aromatic nitrogens is 3. The van der Waals surface area contributed by atoms with Crippen molar-refractivity contribution in [1.29, 1.82) is 0 Å². The molecule has 0 bridgehead atoms. The normalized spacial score (nSPS) is 12.7. The van der Waals surface area contributed by atoms with Gasteiger partial charge in [0.05, 0.1) is 25.1 Å². The Morgan fingerprint density at radius 2 is 1.92 bits per heavy atom. The zero-order valence-corrected chi connectivity index (χ0v) is 15.6. The number of hydrogen-bond acceptors (Lipinski definition) is 7. The van der Waals surface area contributed by atoms with E-state index in [1.54, 1.807) is 14.2 Å². The van der Waals surface area contributed by atoms with Gasteiger partial charge in [-0.05, 0) is 30.8 Å². The van der Waals surface area contributed by atoms with Crippen molar-refractivity contribution < 1.29 is 14.6 Å². The molecule has 8 heteroatoms. The maximum absolute atomic E-state index is 10.7. The van der Waals surface area contributed by atoms with Crippen LogP contribution in [0.5, 0.6) is 17.4 Å². The molecule has 3 aromatic rings. The molecule has 0 radical (unpaired) electrons. The first-order chi connectivity index (χ1) is 12.1. The van der Waals surface area contributed by atoms with Gasteiger partial charge < -0.3 is 14.6 Å². The lowest BCUT2D eigenvalue weighted by atomic mass is 10.0. The SMILES string of the molecule is CCN(CC)C(c1ccc(OC)c(OC)c1)c1sc2ncnn2c1O. The van der Waals surface area contributed by atoms with Gasteiger partial charge in [-0.2, -0.15) is 9.61 Å². The van der Waals surface area contributed by atoms with Gasteiger partial charge in [-0.3, -0.25) is 4.90 Å². The molecule has 1 N–H and O–H groups in total. The third kappa shape index (κ3) is 3.03. The molecule has 0 aliphatic heterocycles. The van der Waals surface area contributed by atoms with Crippen LogP contribution < -0.4 is 9.47 Å². The first-order valence-electron chi connectivity index (χ1n) is 8.11. The number of rotatable bonds is 7. The van der Waals surface area contributed by atoms with E-state index in [9.17, 15) is 5.11 Å². The summed E-state index contributed by atoms with van der Waals surface area (Å²) in [5.41, 5.74) is 1.01. The standard InChI is InChI=1S/C17H22N4O3S/c1-5-20(6-2)14(11-7-8-12(23-3)13(9-11)24-4)15-16(22)21-17(25-15)18-10-19-21/h7-10,14,22H,5-6H2,1-4H3. The van der Waals surface area contributed by atoms with Gasteiger partial charge in [-0.1, -0.05) is 31.3 Å². The molecule has 0 saturated heterocycles. The number of fused-ring (bicyclic) bond motifs is 1. The van der Waals surface area contributed by atoms with E-state index in [1.807, 2.05) is 18.2 Å². The fourth-order valence-electron chi connectivity index (χ4n) is 3.01. The average molecular weight is 362 g/mol. The highest BCUT2D eigenvalue weighted by molar-refractivity contribution is 7.17. The Balaban J connectivity index is 2.15. The first kappa shape index (κ1) is 17.5. The molecule has 1 atom stereocenters. The summed E-state index contributed by atoms with van der Waals surface area (Å²) in [5.74, 6) is 1.47. The van der Waals surface area contributed by atoms with E-state index in [0.29, 0.717) is 16.5 Å². The molecule has 2 heterocycles. The van der Waals surface area contributed by atoms with E-state index in [-0.39, 0.29) is 11.9 Å². The first-order valence-corrected chi connectivity index (χ1v) is 8.93. The summed E-state index contributed by atoms with van der Waals surface area (Å²) >= 11 is 1.44. The molecule has 7 nitrogen and oxygen atoms in total. The Kier molecular flexibility index (Phi) is 5.10. The van der Waals surface area contributed by atoms with Crippen LogP contribution in [0, 0.1) is 0 Å². The third-order valence-electron chi connectivity index (χ3n) is 4.29. The van der Waals surface area contributed by atoms with E-state index >= 15 is 0 Å². The largest absolute Gasteiger partial charge is 0.493 e. The van der Waals surface area contributed by atoms with Gasteiger partial charge in [-0.15, -0.1) is 0 Å². The molecule has 2 aromatic heterocycles. The van der Waals surface area contributed by atoms with Crippen LogP contribution in [0.15, 0.2) is 24.5 Å². The predicted octanol–water partition coefficient (Wildman–Crippen LogP) is 2.94. The van der Waals surface area contributed by atoms with Crippen LogP contribution in [0.25, 0.3) is 4.96 Å². The predicted molar refractivity (Wildman–Crippen MR) is 96.8 cm³/mol. The Hall–Kier alpha value is -2.32. The Morgan fingerprint density at radius 1 is 1.20 bits per heavy atom. The molecule has 1 unspecified atom stereocenters. The minimum atomic E-state index is -0.122. The van der Waals surface area contributed by atoms with Gasteiger partial charge in [-0.25, -0.2) is 4.98 Å². The summed E-state index contributed by atoms with van der Waals surface area (Å²) in [4.78, 5) is 7.95. The summed E-state index contributed by atoms with van der Waals surface area (Å²) in [5, 5.41) is 14.8. The maximum atomic E-state index is 10.7. The van der Waals surface area contributed by atoms with Crippen molar-refractivity contribution in [3.05, 3.63) is 35.0 Å². The van der Waals surface area contributed by atoms with Crippen LogP contribution in [0.2, 0.25) is 0 Å². The molecule has 1 aromatic carbocycles. The molecule has 134 valence electrons. The third-order valence-corrected chi connectivity index (χ3v) is 5.37. The van der Waals surface area contributed by atoms with E-state index in [4.69, 9.17) is 9.47 Å². The molecule has 0 spiro atoms. The van der Waals surface area contributed by atoms with Gasteiger partial charge >= 0.3 is 0 Å². The fourth-order valence-corrected chi connectivity index (χ4v) is 4.10. The van der Waals surface area contributed by atoms with Crippen molar-refractivity contribution >= 4 is 16.3 Å². The molecule has 0 fully saturated rings. The average Bonchev–Trinajstić information content (AvgIpc) is 3.22. The van der Waals surface area contributed by atoms with Gasteiger partial charge in [0.1, 0.15) is 6.33 Å². The molecular formula is C17H22N4O3S. The molecule has 25 heavy (non-hydrogen) atoms. The Morgan fingerprint density at radius 3 is 2.52 bits per heavy atom. The van der Waals surface area contributed by atoms with Crippen LogP contribution in [0.3, 0.4) is 0 Å². The molecule has 3 rings (SSSR count). The quantitative estimate of drug-likeness (QED) is 0.697. The Bertz CT molecular complexity index is 857. The van der Waals surface area contributed by atoms with Crippen LogP contribution in [-0.4, -0.2) is 51.9 Å². The summed E-state index contributed by atoms with van der Waals surface area (Å²) in [6.45, 7) is 5.88. The topological polar surface area (TPSA) is 72.1 Å². The molecule has 0 saturated carbocycles. The molecule has 0 amide bonds. The highest BCUT2D eigenvalue weighted by Gasteiger charge is 2.28. The second-order valence-corrected chi connectivity index (χ2v) is 6.49. The van der Waals surface area contributed by atoms with E-state index < -0.39 is 0 Å². The van der Waals surface area contributed by atoms with Crippen molar-refractivity contribution in [3.63, 3.8) is 0 Å². The highest BCUT2D eigenvalue weighted by atomic mass is 32.1. The van der Waals surface area contributed by atoms with E-state index in [2.05, 4.69) is 28.8 Å². The van der Waals surface area contributed by atoms with Gasteiger partial charge in [0.25, 0.3) is 0 Å². The fraction of sp³-hybridized carbons (Fsp3) is 0.412. The van der Waals surface area contributed by atoms with Crippen LogP contribution in [0.4, 0.5) is 0 Å². The highest BCUT2D eigenvalue weighted by Crippen LogP contribution is 2.41. The molecule has 0 aliphatic rings. The number of aromatic hydroxyl groups is 1. The second-order valence-electron chi connectivity index (χ2n) is 5.48. The van der Waals surface area contributed by atoms with Gasteiger partial charge in [0.15, 0.2) is 11.5 Å². The lowest BCUT2D eigenvalue weighted by Crippen LogP contribution is -2.29. The lowest BCUT2D eigenvalue weighted by Gasteiger charge is -2.29. The minimum absolute atomic E-state index is 0.122. The van der Waals surface area contributed by atoms with E-state index in [1.165, 1.54) is 22.2 Å². The van der Waals surface area contributed by atoms with Gasteiger partial charge in [0, 0.05) is 0 Å². The van der Waals surface area contributed by atoms with Crippen molar-refractivity contribution in [2.75, 3.05) is 27.3 Å². The Labute approximate surface area is 150 Å². The van der Waals surface area contributed by atoms with Crippen molar-refractivity contribution in [3.8, 4) is 17.4 Å². The summed E-state index contributed by atoms with van der Waals surface area (Å²) in [6.07, 6.45) is 1.44. The number of ether oxygens (including phenoxy) is 2. The lowest BCUT2D eigenvalue weighted by molar-refractivity contribution is 0.247. The zero-order valence-electron chi connectivity index (χ0n) is 14.8. The molecule has 0 aliphatic carbocycles. The van der Waals surface area contributed by atoms with Crippen LogP contribution >= 0.6 is 11.3 Å². The second kappa shape index (κ2) is 7.28. The monoisotopic (exact) mass is 362 g/mol. The summed E-state index contributed by atoms with van der Waals surface area (Å²) < 4.78 is 12.3. The van der Waals surface area contributed by atoms with Crippen molar-refractivity contribution in [2.24, 2.45) is 0 Å². The number of benzene rings is 1. The number of methoxy groups -OCH3 is 2. The summed E-state index contributed by atoms with van der Waals surface area (Å²) in [7, 11) is 3.24. The smallest absolute Gasteiger partial charge is 0.230 e. The van der Waals surface area contributed by atoms with Gasteiger partial charge in [0.2, 0.25) is 10.8 Å². The summed E-state index contributed by atoms with van der Waals surface area (Å²) in [6, 6.07) is 5.72. The zero-order chi connectivity index (χ0) is 18.0. The van der Waals surface area contributed by atoms with Crippen LogP contribution in [0.1, 0.15) is 30.3 Å². The number of hydrogen-bond donors (Lipinski definition) is 1.